The van der Waals surface area contributed by atoms with Crippen LogP contribution in [0.5, 0.6) is 5.75 Å². The van der Waals surface area contributed by atoms with E-state index < -0.39 is 0 Å². The van der Waals surface area contributed by atoms with Crippen LogP contribution in [0.4, 0.5) is 0 Å². The van der Waals surface area contributed by atoms with Gasteiger partial charge in [0.25, 0.3) is 5.91 Å². The fourth-order valence-electron chi connectivity index (χ4n) is 2.31. The number of nitrogens with zero attached hydrogens (tertiary/aromatic N) is 2. The summed E-state index contributed by atoms with van der Waals surface area (Å²) in [6, 6.07) is 19.3. The second-order valence-electron chi connectivity index (χ2n) is 5.35. The monoisotopic (exact) mass is 318 g/mol. The summed E-state index contributed by atoms with van der Waals surface area (Å²) >= 11 is 0. The lowest BCUT2D eigenvalue weighted by molar-refractivity contribution is 0.0898. The van der Waals surface area contributed by atoms with E-state index in [2.05, 4.69) is 5.10 Å². The zero-order valence-corrected chi connectivity index (χ0v) is 13.4. The van der Waals surface area contributed by atoms with E-state index in [0.29, 0.717) is 6.42 Å². The third-order valence-electron chi connectivity index (χ3n) is 3.63. The number of hydrogen-bond donors (Lipinski definition) is 0. The van der Waals surface area contributed by atoms with Crippen LogP contribution in [0.1, 0.15) is 21.6 Å². The maximum Gasteiger partial charge on any atom is 0.251 e. The van der Waals surface area contributed by atoms with Gasteiger partial charge >= 0.3 is 0 Å². The molecule has 120 valence electrons. The lowest BCUT2D eigenvalue weighted by Gasteiger charge is -2.03. The van der Waals surface area contributed by atoms with Gasteiger partial charge in [-0.1, -0.05) is 48.5 Å². The number of benzene rings is 2. The molecule has 4 heteroatoms. The van der Waals surface area contributed by atoms with Gasteiger partial charge in [0.1, 0.15) is 5.75 Å². The summed E-state index contributed by atoms with van der Waals surface area (Å²) in [6.45, 7) is 0. The Balaban J connectivity index is 1.65. The van der Waals surface area contributed by atoms with E-state index in [0.717, 1.165) is 22.6 Å². The van der Waals surface area contributed by atoms with E-state index in [4.69, 9.17) is 4.74 Å². The van der Waals surface area contributed by atoms with Crippen LogP contribution >= 0.6 is 0 Å². The summed E-state index contributed by atoms with van der Waals surface area (Å²) in [7, 11) is 1.62. The number of carbonyl (C=O) groups excluding carboxylic acids is 1. The number of ether oxygens (including phenoxy) is 1. The molecule has 0 aliphatic rings. The summed E-state index contributed by atoms with van der Waals surface area (Å²) in [5.74, 6) is 0.707. The first kappa shape index (κ1) is 15.7. The van der Waals surface area contributed by atoms with Crippen molar-refractivity contribution in [2.75, 3.05) is 7.11 Å². The molecule has 0 aliphatic heterocycles. The lowest BCUT2D eigenvalue weighted by Crippen LogP contribution is -2.14. The van der Waals surface area contributed by atoms with Crippen molar-refractivity contribution in [3.05, 3.63) is 83.7 Å². The second-order valence-corrected chi connectivity index (χ2v) is 5.35. The standard InChI is InChI=1S/C20H18N2O2/c1-24-19-11-8-17(9-12-19)15-20(23)22-14-13-18(21-22)10-7-16-5-3-2-4-6-16/h2-14H,15H2,1H3. The number of aromatic nitrogens is 2. The van der Waals surface area contributed by atoms with Gasteiger partial charge in [0.05, 0.1) is 19.2 Å². The highest BCUT2D eigenvalue weighted by atomic mass is 16.5. The van der Waals surface area contributed by atoms with Crippen LogP contribution in [0, 0.1) is 0 Å². The number of methoxy groups -OCH3 is 1. The molecule has 3 rings (SSSR count). The van der Waals surface area contributed by atoms with E-state index in [1.165, 1.54) is 4.68 Å². The van der Waals surface area contributed by atoms with Gasteiger partial charge in [0, 0.05) is 6.20 Å². The van der Waals surface area contributed by atoms with Crippen molar-refractivity contribution in [3.63, 3.8) is 0 Å². The second kappa shape index (κ2) is 7.42. The first-order valence-corrected chi connectivity index (χ1v) is 7.69. The van der Waals surface area contributed by atoms with Gasteiger partial charge in [0.2, 0.25) is 0 Å². The first-order chi connectivity index (χ1) is 11.7. The summed E-state index contributed by atoms with van der Waals surface area (Å²) in [5.41, 5.74) is 2.77. The third-order valence-corrected chi connectivity index (χ3v) is 3.63. The molecular weight excluding hydrogens is 300 g/mol. The predicted octanol–water partition coefficient (Wildman–Crippen LogP) is 3.95. The van der Waals surface area contributed by atoms with Crippen LogP contribution in [0.3, 0.4) is 0 Å². The Bertz CT molecular complexity index is 834. The molecule has 0 atom stereocenters. The third kappa shape index (κ3) is 3.98. The maximum atomic E-state index is 12.3. The molecule has 0 saturated heterocycles. The fraction of sp³-hybridized carbons (Fsp3) is 0.100. The molecule has 0 unspecified atom stereocenters. The van der Waals surface area contributed by atoms with Crippen molar-refractivity contribution >= 4 is 18.1 Å². The SMILES string of the molecule is COc1ccc(CC(=O)n2ccc(C=Cc3ccccc3)n2)cc1. The predicted molar refractivity (Wildman–Crippen MR) is 94.9 cm³/mol. The van der Waals surface area contributed by atoms with Gasteiger partial charge in [-0.2, -0.15) is 5.10 Å². The maximum absolute atomic E-state index is 12.3. The molecule has 24 heavy (non-hydrogen) atoms. The molecule has 0 radical (unpaired) electrons. The Kier molecular flexibility index (Phi) is 4.87. The van der Waals surface area contributed by atoms with E-state index in [1.54, 1.807) is 13.3 Å². The molecular formula is C20H18N2O2. The molecule has 0 spiro atoms. The summed E-state index contributed by atoms with van der Waals surface area (Å²) < 4.78 is 6.50. The molecule has 1 heterocycles. The van der Waals surface area contributed by atoms with Gasteiger partial charge < -0.3 is 4.74 Å². The van der Waals surface area contributed by atoms with Crippen LogP contribution < -0.4 is 4.74 Å². The van der Waals surface area contributed by atoms with E-state index in [1.807, 2.05) is 72.8 Å². The van der Waals surface area contributed by atoms with Crippen molar-refractivity contribution < 1.29 is 9.53 Å². The Hall–Kier alpha value is -3.14. The smallest absolute Gasteiger partial charge is 0.251 e. The minimum absolute atomic E-state index is 0.0699. The van der Waals surface area contributed by atoms with Crippen molar-refractivity contribution in [3.8, 4) is 5.75 Å². The molecule has 0 amide bonds. The molecule has 0 saturated carbocycles. The van der Waals surface area contributed by atoms with E-state index in [-0.39, 0.29) is 5.91 Å². The number of hydrogen-bond acceptors (Lipinski definition) is 3. The van der Waals surface area contributed by atoms with Crippen LogP contribution in [0.15, 0.2) is 66.9 Å². The topological polar surface area (TPSA) is 44.1 Å². The Morgan fingerprint density at radius 1 is 1.04 bits per heavy atom. The van der Waals surface area contributed by atoms with Gasteiger partial charge in [-0.3, -0.25) is 4.79 Å². The molecule has 2 aromatic carbocycles. The summed E-state index contributed by atoms with van der Waals surface area (Å²) in [5, 5.41) is 4.31. The van der Waals surface area contributed by atoms with Crippen molar-refractivity contribution in [1.82, 2.24) is 9.78 Å². The van der Waals surface area contributed by atoms with Crippen molar-refractivity contribution in [2.24, 2.45) is 0 Å². The molecule has 0 aliphatic carbocycles. The number of carbonyl (C=O) groups is 1. The largest absolute Gasteiger partial charge is 0.497 e. The average molecular weight is 318 g/mol. The Morgan fingerprint density at radius 3 is 2.50 bits per heavy atom. The lowest BCUT2D eigenvalue weighted by atomic mass is 10.1. The number of rotatable bonds is 5. The normalized spacial score (nSPS) is 10.9. The minimum atomic E-state index is -0.0699. The highest BCUT2D eigenvalue weighted by Gasteiger charge is 2.08. The Labute approximate surface area is 141 Å². The van der Waals surface area contributed by atoms with Gasteiger partial charge in [0.15, 0.2) is 0 Å². The molecule has 0 N–H and O–H groups in total. The van der Waals surface area contributed by atoms with Crippen LogP contribution in [0.25, 0.3) is 12.2 Å². The molecule has 0 fully saturated rings. The molecule has 4 nitrogen and oxygen atoms in total. The summed E-state index contributed by atoms with van der Waals surface area (Å²) in [4.78, 5) is 12.3. The quantitative estimate of drug-likeness (QED) is 0.715. The fourth-order valence-corrected chi connectivity index (χ4v) is 2.31. The van der Waals surface area contributed by atoms with Crippen molar-refractivity contribution in [1.29, 1.82) is 0 Å². The zero-order chi connectivity index (χ0) is 16.8. The van der Waals surface area contributed by atoms with E-state index >= 15 is 0 Å². The first-order valence-electron chi connectivity index (χ1n) is 7.69. The Morgan fingerprint density at radius 2 is 1.79 bits per heavy atom. The highest BCUT2D eigenvalue weighted by molar-refractivity contribution is 5.81. The van der Waals surface area contributed by atoms with Crippen LogP contribution in [-0.2, 0) is 6.42 Å². The zero-order valence-electron chi connectivity index (χ0n) is 13.4. The van der Waals surface area contributed by atoms with Gasteiger partial charge in [-0.25, -0.2) is 4.68 Å². The van der Waals surface area contributed by atoms with Crippen LogP contribution in [0.2, 0.25) is 0 Å². The van der Waals surface area contributed by atoms with E-state index in [9.17, 15) is 4.79 Å². The minimum Gasteiger partial charge on any atom is -0.497 e. The summed E-state index contributed by atoms with van der Waals surface area (Å²) in [6.07, 6.45) is 5.86. The van der Waals surface area contributed by atoms with Gasteiger partial charge in [-0.05, 0) is 35.4 Å². The van der Waals surface area contributed by atoms with Gasteiger partial charge in [-0.15, -0.1) is 0 Å². The molecule has 0 bridgehead atoms. The van der Waals surface area contributed by atoms with Crippen LogP contribution in [-0.4, -0.2) is 22.8 Å². The van der Waals surface area contributed by atoms with Crippen molar-refractivity contribution in [2.45, 2.75) is 6.42 Å². The molecule has 1 aromatic heterocycles. The average Bonchev–Trinajstić information content (AvgIpc) is 3.11. The highest BCUT2D eigenvalue weighted by Crippen LogP contribution is 2.12. The molecule has 3 aromatic rings.